The Morgan fingerprint density at radius 3 is 2.42 bits per heavy atom. The average molecular weight is 352 g/mol. The number of benzene rings is 1. The van der Waals surface area contributed by atoms with Crippen LogP contribution < -0.4 is 15.5 Å². The van der Waals surface area contributed by atoms with Crippen LogP contribution in [-0.4, -0.2) is 24.6 Å². The molecule has 0 bridgehead atoms. The Balaban J connectivity index is 1.94. The van der Waals surface area contributed by atoms with E-state index in [1.54, 1.807) is 12.1 Å². The van der Waals surface area contributed by atoms with Gasteiger partial charge in [0.15, 0.2) is 0 Å². The molecule has 0 heterocycles. The number of hydrazone groups is 1. The van der Waals surface area contributed by atoms with E-state index in [-0.39, 0.29) is 0 Å². The lowest BCUT2D eigenvalue weighted by Gasteiger charge is -2.11. The summed E-state index contributed by atoms with van der Waals surface area (Å²) >= 11 is 5.90. The van der Waals surface area contributed by atoms with E-state index in [4.69, 9.17) is 16.3 Å². The van der Waals surface area contributed by atoms with Crippen LogP contribution in [0, 0.1) is 0 Å². The van der Waals surface area contributed by atoms with Crippen molar-refractivity contribution in [1.82, 2.24) is 5.43 Å². The van der Waals surface area contributed by atoms with Crippen LogP contribution in [0.1, 0.15) is 44.9 Å². The third kappa shape index (κ3) is 5.53. The second kappa shape index (κ2) is 9.27. The molecule has 0 unspecified atom stereocenters. The molecule has 7 heteroatoms. The van der Waals surface area contributed by atoms with Gasteiger partial charge < -0.3 is 10.1 Å². The number of anilines is 1. The standard InChI is InChI=1S/C17H22ClN3O3/c1-24-15-10-9-12(18)11-14(15)19-16(22)17(23)21-20-13-7-5-3-2-4-6-8-13/h9-11H,2-8H2,1H3,(H,19,22)(H,21,23). The zero-order valence-corrected chi connectivity index (χ0v) is 14.5. The Labute approximate surface area is 146 Å². The van der Waals surface area contributed by atoms with Crippen LogP contribution in [0.5, 0.6) is 5.75 Å². The lowest BCUT2D eigenvalue weighted by molar-refractivity contribution is -0.136. The maximum Gasteiger partial charge on any atom is 0.329 e. The van der Waals surface area contributed by atoms with Gasteiger partial charge in [-0.15, -0.1) is 0 Å². The lowest BCUT2D eigenvalue weighted by atomic mass is 9.99. The van der Waals surface area contributed by atoms with Crippen LogP contribution in [-0.2, 0) is 9.59 Å². The van der Waals surface area contributed by atoms with Gasteiger partial charge in [-0.3, -0.25) is 9.59 Å². The predicted octanol–water partition coefficient (Wildman–Crippen LogP) is 3.50. The van der Waals surface area contributed by atoms with Gasteiger partial charge in [0.25, 0.3) is 0 Å². The molecule has 2 amide bonds. The Kier molecular flexibility index (Phi) is 7.06. The topological polar surface area (TPSA) is 79.8 Å². The summed E-state index contributed by atoms with van der Waals surface area (Å²) < 4.78 is 5.13. The van der Waals surface area contributed by atoms with Crippen molar-refractivity contribution in [3.63, 3.8) is 0 Å². The molecule has 0 spiro atoms. The number of nitrogens with one attached hydrogen (secondary N) is 2. The second-order valence-corrected chi connectivity index (χ2v) is 6.12. The van der Waals surface area contributed by atoms with Crippen LogP contribution in [0.2, 0.25) is 5.02 Å². The number of carbonyl (C=O) groups excluding carboxylic acids is 2. The van der Waals surface area contributed by atoms with Gasteiger partial charge in [-0.2, -0.15) is 5.10 Å². The van der Waals surface area contributed by atoms with Gasteiger partial charge in [0.05, 0.1) is 12.8 Å². The first-order chi connectivity index (χ1) is 11.6. The summed E-state index contributed by atoms with van der Waals surface area (Å²) in [7, 11) is 1.47. The van der Waals surface area contributed by atoms with E-state index in [0.29, 0.717) is 16.5 Å². The summed E-state index contributed by atoms with van der Waals surface area (Å²) in [6.45, 7) is 0. The number of ether oxygens (including phenoxy) is 1. The van der Waals surface area contributed by atoms with Crippen LogP contribution in [0.25, 0.3) is 0 Å². The van der Waals surface area contributed by atoms with Crippen LogP contribution in [0.15, 0.2) is 23.3 Å². The van der Waals surface area contributed by atoms with E-state index in [9.17, 15) is 9.59 Å². The molecule has 1 aromatic carbocycles. The van der Waals surface area contributed by atoms with Gasteiger partial charge in [0.2, 0.25) is 0 Å². The van der Waals surface area contributed by atoms with Gasteiger partial charge in [0.1, 0.15) is 5.75 Å². The first-order valence-corrected chi connectivity index (χ1v) is 8.48. The summed E-state index contributed by atoms with van der Waals surface area (Å²) in [4.78, 5) is 23.9. The molecule has 1 saturated carbocycles. The average Bonchev–Trinajstić information content (AvgIpc) is 2.53. The van der Waals surface area contributed by atoms with E-state index in [2.05, 4.69) is 15.8 Å². The van der Waals surface area contributed by atoms with Crippen molar-refractivity contribution in [3.05, 3.63) is 23.2 Å². The highest BCUT2D eigenvalue weighted by Crippen LogP contribution is 2.27. The molecule has 0 radical (unpaired) electrons. The number of carbonyl (C=O) groups is 2. The van der Waals surface area contributed by atoms with Crippen molar-refractivity contribution in [2.45, 2.75) is 44.9 Å². The minimum Gasteiger partial charge on any atom is -0.495 e. The SMILES string of the molecule is COc1ccc(Cl)cc1NC(=O)C(=O)NN=C1CCCCCCC1. The smallest absolute Gasteiger partial charge is 0.329 e. The van der Waals surface area contributed by atoms with Crippen molar-refractivity contribution < 1.29 is 14.3 Å². The fraction of sp³-hybridized carbons (Fsp3) is 0.471. The molecular formula is C17H22ClN3O3. The maximum atomic E-state index is 12.0. The molecule has 24 heavy (non-hydrogen) atoms. The maximum absolute atomic E-state index is 12.0. The molecule has 1 aliphatic carbocycles. The minimum absolute atomic E-state index is 0.337. The number of methoxy groups -OCH3 is 1. The number of hydrogen-bond acceptors (Lipinski definition) is 4. The zero-order chi connectivity index (χ0) is 17.4. The summed E-state index contributed by atoms with van der Waals surface area (Å²) in [5.74, 6) is -1.20. The van der Waals surface area contributed by atoms with E-state index in [1.807, 2.05) is 0 Å². The molecule has 1 fully saturated rings. The van der Waals surface area contributed by atoms with E-state index >= 15 is 0 Å². The molecule has 0 aliphatic heterocycles. The number of hydrogen-bond donors (Lipinski definition) is 2. The molecule has 0 atom stereocenters. The second-order valence-electron chi connectivity index (χ2n) is 5.69. The molecule has 6 nitrogen and oxygen atoms in total. The number of rotatable bonds is 3. The Hall–Kier alpha value is -2.08. The Morgan fingerprint density at radius 2 is 1.75 bits per heavy atom. The summed E-state index contributed by atoms with van der Waals surface area (Å²) in [5, 5.41) is 7.02. The molecular weight excluding hydrogens is 330 g/mol. The van der Waals surface area contributed by atoms with E-state index < -0.39 is 11.8 Å². The monoisotopic (exact) mass is 351 g/mol. The molecule has 2 rings (SSSR count). The number of nitrogens with zero attached hydrogens (tertiary/aromatic N) is 1. The summed E-state index contributed by atoms with van der Waals surface area (Å²) in [6, 6.07) is 4.77. The largest absolute Gasteiger partial charge is 0.495 e. The summed E-state index contributed by atoms with van der Waals surface area (Å²) in [5.41, 5.74) is 3.61. The summed E-state index contributed by atoms with van der Waals surface area (Å²) in [6.07, 6.45) is 7.49. The predicted molar refractivity (Wildman–Crippen MR) is 94.5 cm³/mol. The minimum atomic E-state index is -0.814. The zero-order valence-electron chi connectivity index (χ0n) is 13.7. The molecule has 1 aromatic rings. The van der Waals surface area contributed by atoms with Crippen molar-refractivity contribution in [2.24, 2.45) is 5.10 Å². The van der Waals surface area contributed by atoms with Crippen molar-refractivity contribution >= 4 is 34.8 Å². The quantitative estimate of drug-likeness (QED) is 0.646. The molecule has 130 valence electrons. The van der Waals surface area contributed by atoms with Crippen molar-refractivity contribution in [1.29, 1.82) is 0 Å². The molecule has 1 aliphatic rings. The first kappa shape index (κ1) is 18.3. The molecule has 2 N–H and O–H groups in total. The fourth-order valence-electron chi connectivity index (χ4n) is 2.56. The normalized spacial score (nSPS) is 15.0. The van der Waals surface area contributed by atoms with Crippen LogP contribution >= 0.6 is 11.6 Å². The highest BCUT2D eigenvalue weighted by atomic mass is 35.5. The van der Waals surface area contributed by atoms with Gasteiger partial charge in [-0.1, -0.05) is 30.9 Å². The number of amides is 2. The molecule has 0 saturated heterocycles. The van der Waals surface area contributed by atoms with Gasteiger partial charge in [0, 0.05) is 10.7 Å². The Morgan fingerprint density at radius 1 is 1.08 bits per heavy atom. The lowest BCUT2D eigenvalue weighted by Crippen LogP contribution is -2.33. The molecule has 0 aromatic heterocycles. The number of halogens is 1. The fourth-order valence-corrected chi connectivity index (χ4v) is 2.73. The van der Waals surface area contributed by atoms with E-state index in [0.717, 1.165) is 31.4 Å². The van der Waals surface area contributed by atoms with Gasteiger partial charge in [-0.05, 0) is 43.9 Å². The highest BCUT2D eigenvalue weighted by Gasteiger charge is 2.16. The van der Waals surface area contributed by atoms with Crippen LogP contribution in [0.3, 0.4) is 0 Å². The van der Waals surface area contributed by atoms with Crippen molar-refractivity contribution in [3.8, 4) is 5.75 Å². The van der Waals surface area contributed by atoms with Gasteiger partial charge >= 0.3 is 11.8 Å². The van der Waals surface area contributed by atoms with Crippen LogP contribution in [0.4, 0.5) is 5.69 Å². The van der Waals surface area contributed by atoms with Crippen molar-refractivity contribution in [2.75, 3.05) is 12.4 Å². The first-order valence-electron chi connectivity index (χ1n) is 8.10. The third-order valence-electron chi connectivity index (χ3n) is 3.86. The van der Waals surface area contributed by atoms with Gasteiger partial charge in [-0.25, -0.2) is 5.43 Å². The third-order valence-corrected chi connectivity index (χ3v) is 4.10. The van der Waals surface area contributed by atoms with E-state index in [1.165, 1.54) is 32.4 Å². The highest BCUT2D eigenvalue weighted by molar-refractivity contribution is 6.40. The Bertz CT molecular complexity index is 622.